The van der Waals surface area contributed by atoms with E-state index >= 15 is 0 Å². The number of piperidine rings is 2. The van der Waals surface area contributed by atoms with Crippen LogP contribution in [0.25, 0.3) is 0 Å². The molecule has 0 aliphatic carbocycles. The number of aliphatic hydroxyl groups is 1. The predicted octanol–water partition coefficient (Wildman–Crippen LogP) is -2.61. The topological polar surface area (TPSA) is 127 Å². The average Bonchev–Trinajstić information content (AvgIpc) is 2.97. The summed E-state index contributed by atoms with van der Waals surface area (Å²) in [4.78, 5) is 13.1. The van der Waals surface area contributed by atoms with Crippen LogP contribution in [0.5, 0.6) is 0 Å². The summed E-state index contributed by atoms with van der Waals surface area (Å²) in [5.74, 6) is -0.258. The SMILES string of the molecule is NC1NN2CC(F)CNC2C1C(=O)NC1CNCCC1C1CCCNC1O. The molecule has 0 aromatic heterocycles. The second kappa shape index (κ2) is 8.24. The molecular weight excluding hydrogens is 353 g/mol. The summed E-state index contributed by atoms with van der Waals surface area (Å²) in [5.41, 5.74) is 9.17. The maximum atomic E-state index is 13.6. The Bertz CT molecular complexity index is 541. The highest BCUT2D eigenvalue weighted by Crippen LogP contribution is 2.31. The molecule has 8 N–H and O–H groups in total. The number of hydrazine groups is 1. The first-order chi connectivity index (χ1) is 13.0. The third kappa shape index (κ3) is 3.98. The number of nitrogens with two attached hydrogens (primary N) is 1. The van der Waals surface area contributed by atoms with E-state index in [4.69, 9.17) is 5.73 Å². The summed E-state index contributed by atoms with van der Waals surface area (Å²) in [6.45, 7) is 2.86. The molecule has 0 radical (unpaired) electrons. The van der Waals surface area contributed by atoms with Crippen molar-refractivity contribution in [1.82, 2.24) is 31.7 Å². The number of fused-ring (bicyclic) bond motifs is 1. The summed E-state index contributed by atoms with van der Waals surface area (Å²) in [5, 5.41) is 24.9. The first-order valence-electron chi connectivity index (χ1n) is 10.1. The van der Waals surface area contributed by atoms with E-state index in [1.165, 1.54) is 0 Å². The lowest BCUT2D eigenvalue weighted by Crippen LogP contribution is -2.61. The van der Waals surface area contributed by atoms with Gasteiger partial charge in [-0.25, -0.2) is 14.8 Å². The minimum Gasteiger partial charge on any atom is -0.378 e. The monoisotopic (exact) mass is 385 g/mol. The molecule has 0 aromatic rings. The molecule has 4 heterocycles. The Balaban J connectivity index is 1.42. The molecule has 4 saturated heterocycles. The Kier molecular flexibility index (Phi) is 5.93. The van der Waals surface area contributed by atoms with Crippen LogP contribution in [-0.2, 0) is 4.79 Å². The molecule has 154 valence electrons. The third-order valence-electron chi connectivity index (χ3n) is 6.51. The third-order valence-corrected chi connectivity index (χ3v) is 6.51. The number of alkyl halides is 1. The molecule has 4 aliphatic heterocycles. The fourth-order valence-electron chi connectivity index (χ4n) is 5.15. The van der Waals surface area contributed by atoms with E-state index in [-0.39, 0.29) is 43.0 Å². The highest BCUT2D eigenvalue weighted by molar-refractivity contribution is 5.80. The summed E-state index contributed by atoms with van der Waals surface area (Å²) in [6, 6.07) is -0.0513. The molecule has 4 aliphatic rings. The van der Waals surface area contributed by atoms with Crippen LogP contribution in [0.3, 0.4) is 0 Å². The molecule has 9 nitrogen and oxygen atoms in total. The van der Waals surface area contributed by atoms with Crippen molar-refractivity contribution < 1.29 is 14.3 Å². The van der Waals surface area contributed by atoms with Gasteiger partial charge in [0.25, 0.3) is 0 Å². The van der Waals surface area contributed by atoms with E-state index in [1.807, 2.05) is 0 Å². The van der Waals surface area contributed by atoms with Gasteiger partial charge in [0, 0.05) is 31.6 Å². The second-order valence-corrected chi connectivity index (χ2v) is 8.26. The van der Waals surface area contributed by atoms with Crippen molar-refractivity contribution in [3.63, 3.8) is 0 Å². The Labute approximate surface area is 158 Å². The number of nitrogens with zero attached hydrogens (tertiary/aromatic N) is 1. The van der Waals surface area contributed by atoms with Crippen molar-refractivity contribution in [2.45, 2.75) is 50.0 Å². The van der Waals surface area contributed by atoms with Gasteiger partial charge in [-0.05, 0) is 38.3 Å². The van der Waals surface area contributed by atoms with E-state index in [1.54, 1.807) is 5.01 Å². The standard InChI is InChI=1S/C17H32FN7O2/c18-9-6-22-15-13(14(19)24-25(15)8-9)17(27)23-12-7-20-5-3-10(12)11-2-1-4-21-16(11)26/h9-16,20-22,24,26H,1-8,19H2,(H,23,27). The van der Waals surface area contributed by atoms with Gasteiger partial charge in [-0.3, -0.25) is 15.4 Å². The highest BCUT2D eigenvalue weighted by Gasteiger charge is 2.48. The quantitative estimate of drug-likeness (QED) is 0.282. The largest absolute Gasteiger partial charge is 0.378 e. The molecular formula is C17H32FN7O2. The van der Waals surface area contributed by atoms with Gasteiger partial charge < -0.3 is 21.5 Å². The van der Waals surface area contributed by atoms with Gasteiger partial charge in [0.1, 0.15) is 12.4 Å². The first-order valence-corrected chi connectivity index (χ1v) is 10.1. The number of carbonyl (C=O) groups excluding carboxylic acids is 1. The zero-order valence-corrected chi connectivity index (χ0v) is 15.5. The van der Waals surface area contributed by atoms with Crippen LogP contribution in [-0.4, -0.2) is 79.5 Å². The molecule has 8 unspecified atom stereocenters. The zero-order chi connectivity index (χ0) is 19.0. The molecule has 0 aromatic carbocycles. The fourth-order valence-corrected chi connectivity index (χ4v) is 5.15. The van der Waals surface area contributed by atoms with E-state index < -0.39 is 24.5 Å². The van der Waals surface area contributed by atoms with Gasteiger partial charge in [0.05, 0.1) is 18.2 Å². The number of nitrogens with one attached hydrogen (secondary N) is 5. The lowest BCUT2D eigenvalue weighted by Gasteiger charge is -2.42. The minimum absolute atomic E-state index is 0.0513. The maximum Gasteiger partial charge on any atom is 0.229 e. The second-order valence-electron chi connectivity index (χ2n) is 8.26. The molecule has 4 fully saturated rings. The van der Waals surface area contributed by atoms with Crippen molar-refractivity contribution in [2.24, 2.45) is 23.5 Å². The summed E-state index contributed by atoms with van der Waals surface area (Å²) < 4.78 is 13.6. The van der Waals surface area contributed by atoms with E-state index in [2.05, 4.69) is 26.7 Å². The molecule has 0 bridgehead atoms. The van der Waals surface area contributed by atoms with Crippen LogP contribution in [0, 0.1) is 17.8 Å². The Hall–Kier alpha value is -0.880. The molecule has 8 atom stereocenters. The molecule has 27 heavy (non-hydrogen) atoms. The first kappa shape index (κ1) is 19.4. The molecule has 0 saturated carbocycles. The number of halogens is 1. The fraction of sp³-hybridized carbons (Fsp3) is 0.941. The maximum absolute atomic E-state index is 13.6. The summed E-state index contributed by atoms with van der Waals surface area (Å²) in [7, 11) is 0. The Morgan fingerprint density at radius 1 is 1.19 bits per heavy atom. The van der Waals surface area contributed by atoms with Gasteiger partial charge in [-0.1, -0.05) is 0 Å². The normalized spacial score (nSPS) is 46.0. The highest BCUT2D eigenvalue weighted by atomic mass is 19.1. The number of carbonyl (C=O) groups is 1. The summed E-state index contributed by atoms with van der Waals surface area (Å²) in [6.07, 6.45) is 0.568. The van der Waals surface area contributed by atoms with Crippen molar-refractivity contribution in [1.29, 1.82) is 0 Å². The number of hydrogen-bond donors (Lipinski definition) is 7. The minimum atomic E-state index is -0.977. The Morgan fingerprint density at radius 2 is 2.04 bits per heavy atom. The average molecular weight is 385 g/mol. The van der Waals surface area contributed by atoms with Gasteiger partial charge in [0.15, 0.2) is 0 Å². The van der Waals surface area contributed by atoms with Gasteiger partial charge in [-0.2, -0.15) is 0 Å². The molecule has 0 spiro atoms. The number of aliphatic hydroxyl groups excluding tert-OH is 1. The van der Waals surface area contributed by atoms with Crippen molar-refractivity contribution in [3.8, 4) is 0 Å². The molecule has 1 amide bonds. The van der Waals surface area contributed by atoms with Gasteiger partial charge in [-0.15, -0.1) is 0 Å². The van der Waals surface area contributed by atoms with Crippen molar-refractivity contribution in [3.05, 3.63) is 0 Å². The smallest absolute Gasteiger partial charge is 0.229 e. The van der Waals surface area contributed by atoms with Crippen molar-refractivity contribution >= 4 is 5.91 Å². The molecule has 10 heteroatoms. The van der Waals surface area contributed by atoms with Crippen LogP contribution in [0.2, 0.25) is 0 Å². The molecule has 4 rings (SSSR count). The van der Waals surface area contributed by atoms with Crippen LogP contribution in [0.1, 0.15) is 19.3 Å². The number of hydrogen-bond acceptors (Lipinski definition) is 8. The Morgan fingerprint density at radius 3 is 2.85 bits per heavy atom. The lowest BCUT2D eigenvalue weighted by molar-refractivity contribution is -0.128. The van der Waals surface area contributed by atoms with Crippen LogP contribution in [0.4, 0.5) is 4.39 Å². The van der Waals surface area contributed by atoms with Gasteiger partial charge in [0.2, 0.25) is 5.91 Å². The lowest BCUT2D eigenvalue weighted by atomic mass is 9.76. The predicted molar refractivity (Wildman–Crippen MR) is 97.6 cm³/mol. The van der Waals surface area contributed by atoms with E-state index in [0.29, 0.717) is 6.54 Å². The number of amides is 1. The summed E-state index contributed by atoms with van der Waals surface area (Å²) >= 11 is 0. The van der Waals surface area contributed by atoms with Crippen LogP contribution >= 0.6 is 0 Å². The number of rotatable bonds is 3. The van der Waals surface area contributed by atoms with Gasteiger partial charge >= 0.3 is 0 Å². The van der Waals surface area contributed by atoms with Crippen molar-refractivity contribution in [2.75, 3.05) is 32.7 Å². The van der Waals surface area contributed by atoms with E-state index in [0.717, 1.165) is 32.4 Å². The van der Waals surface area contributed by atoms with Crippen LogP contribution < -0.4 is 32.4 Å². The van der Waals surface area contributed by atoms with E-state index in [9.17, 15) is 14.3 Å². The van der Waals surface area contributed by atoms with Crippen LogP contribution in [0.15, 0.2) is 0 Å². The zero-order valence-electron chi connectivity index (χ0n) is 15.5.